The van der Waals surface area contributed by atoms with Gasteiger partial charge in [0.25, 0.3) is 11.8 Å². The minimum absolute atomic E-state index is 0.0338. The van der Waals surface area contributed by atoms with Crippen LogP contribution in [0.25, 0.3) is 0 Å². The van der Waals surface area contributed by atoms with E-state index in [4.69, 9.17) is 4.74 Å². The average Bonchev–Trinajstić information content (AvgIpc) is 3.17. The van der Waals surface area contributed by atoms with Crippen molar-refractivity contribution >= 4 is 17.5 Å². The van der Waals surface area contributed by atoms with Gasteiger partial charge in [0.05, 0.1) is 11.3 Å². The van der Waals surface area contributed by atoms with Crippen molar-refractivity contribution in [3.8, 4) is 5.75 Å². The molecular weight excluding hydrogens is 328 g/mol. The Hall–Kier alpha value is -2.82. The van der Waals surface area contributed by atoms with Crippen molar-refractivity contribution < 1.29 is 14.3 Å². The number of carbonyl (C=O) groups excluding carboxylic acids is 2. The van der Waals surface area contributed by atoms with Gasteiger partial charge in [-0.2, -0.15) is 0 Å². The molecule has 1 N–H and O–H groups in total. The van der Waals surface area contributed by atoms with Crippen molar-refractivity contribution in [2.75, 3.05) is 25.0 Å². The largest absolute Gasteiger partial charge is 0.484 e. The molecule has 1 fully saturated rings. The molecule has 0 saturated carbocycles. The Bertz CT molecular complexity index is 811. The van der Waals surface area contributed by atoms with Gasteiger partial charge < -0.3 is 15.0 Å². The summed E-state index contributed by atoms with van der Waals surface area (Å²) < 4.78 is 5.57. The molecular formula is C21H24N2O3. The van der Waals surface area contributed by atoms with E-state index in [1.807, 2.05) is 43.0 Å². The lowest BCUT2D eigenvalue weighted by Crippen LogP contribution is -2.29. The summed E-state index contributed by atoms with van der Waals surface area (Å²) in [5, 5.41) is 2.80. The third-order valence-corrected chi connectivity index (χ3v) is 4.67. The van der Waals surface area contributed by atoms with Crippen molar-refractivity contribution in [3.63, 3.8) is 0 Å². The third kappa shape index (κ3) is 4.23. The van der Waals surface area contributed by atoms with E-state index in [-0.39, 0.29) is 18.4 Å². The van der Waals surface area contributed by atoms with Crippen LogP contribution in [0.2, 0.25) is 0 Å². The minimum atomic E-state index is -0.287. The van der Waals surface area contributed by atoms with Crippen LogP contribution in [0.1, 0.15) is 34.3 Å². The quantitative estimate of drug-likeness (QED) is 0.895. The van der Waals surface area contributed by atoms with Crippen LogP contribution in [0.3, 0.4) is 0 Å². The maximum atomic E-state index is 12.6. The number of para-hydroxylation sites is 1. The normalized spacial score (nSPS) is 13.5. The first kappa shape index (κ1) is 18.0. The maximum Gasteiger partial charge on any atom is 0.262 e. The number of hydrogen-bond donors (Lipinski definition) is 1. The molecule has 136 valence electrons. The second-order valence-corrected chi connectivity index (χ2v) is 6.63. The number of anilines is 1. The highest BCUT2D eigenvalue weighted by Gasteiger charge is 2.22. The van der Waals surface area contributed by atoms with E-state index in [1.165, 1.54) is 5.56 Å². The summed E-state index contributed by atoms with van der Waals surface area (Å²) in [7, 11) is 0. The SMILES string of the molecule is Cc1ccc(OCC(=O)Nc2ccccc2C(=O)N2CCCC2)cc1C. The average molecular weight is 352 g/mol. The minimum Gasteiger partial charge on any atom is -0.484 e. The number of benzene rings is 2. The highest BCUT2D eigenvalue weighted by Crippen LogP contribution is 2.20. The Morgan fingerprint density at radius 1 is 1.04 bits per heavy atom. The van der Waals surface area contributed by atoms with E-state index in [2.05, 4.69) is 5.32 Å². The lowest BCUT2D eigenvalue weighted by atomic mass is 10.1. The zero-order chi connectivity index (χ0) is 18.5. The molecule has 1 aliphatic rings. The number of amides is 2. The highest BCUT2D eigenvalue weighted by molar-refractivity contribution is 6.04. The number of rotatable bonds is 5. The van der Waals surface area contributed by atoms with E-state index in [9.17, 15) is 9.59 Å². The van der Waals surface area contributed by atoms with Gasteiger partial charge in [-0.1, -0.05) is 18.2 Å². The van der Waals surface area contributed by atoms with Crippen LogP contribution in [-0.4, -0.2) is 36.4 Å². The van der Waals surface area contributed by atoms with E-state index in [0.29, 0.717) is 17.0 Å². The van der Waals surface area contributed by atoms with E-state index < -0.39 is 0 Å². The summed E-state index contributed by atoms with van der Waals surface area (Å²) in [6, 6.07) is 12.8. The fourth-order valence-electron chi connectivity index (χ4n) is 3.01. The van der Waals surface area contributed by atoms with Crippen molar-refractivity contribution in [1.29, 1.82) is 0 Å². The van der Waals surface area contributed by atoms with Crippen LogP contribution < -0.4 is 10.1 Å². The van der Waals surface area contributed by atoms with Crippen LogP contribution >= 0.6 is 0 Å². The first-order valence-electron chi connectivity index (χ1n) is 8.93. The van der Waals surface area contributed by atoms with Crippen LogP contribution in [0.15, 0.2) is 42.5 Å². The number of nitrogens with one attached hydrogen (secondary N) is 1. The molecule has 3 rings (SSSR count). The molecule has 2 aromatic carbocycles. The van der Waals surface area contributed by atoms with Gasteiger partial charge in [-0.25, -0.2) is 0 Å². The molecule has 2 amide bonds. The van der Waals surface area contributed by atoms with Gasteiger partial charge in [-0.05, 0) is 62.1 Å². The molecule has 1 aliphatic heterocycles. The number of likely N-dealkylation sites (tertiary alicyclic amines) is 1. The topological polar surface area (TPSA) is 58.6 Å². The zero-order valence-corrected chi connectivity index (χ0v) is 15.2. The molecule has 0 radical (unpaired) electrons. The number of hydrogen-bond acceptors (Lipinski definition) is 3. The Morgan fingerprint density at radius 2 is 1.77 bits per heavy atom. The van der Waals surface area contributed by atoms with Gasteiger partial charge in [0.2, 0.25) is 0 Å². The van der Waals surface area contributed by atoms with Crippen LogP contribution in [0.5, 0.6) is 5.75 Å². The van der Waals surface area contributed by atoms with Crippen molar-refractivity contribution in [1.82, 2.24) is 4.90 Å². The van der Waals surface area contributed by atoms with Gasteiger partial charge in [-0.3, -0.25) is 9.59 Å². The van der Waals surface area contributed by atoms with Gasteiger partial charge in [0.15, 0.2) is 6.61 Å². The number of nitrogens with zero attached hydrogens (tertiary/aromatic N) is 1. The number of ether oxygens (including phenoxy) is 1. The van der Waals surface area contributed by atoms with Gasteiger partial charge in [0, 0.05) is 13.1 Å². The van der Waals surface area contributed by atoms with Gasteiger partial charge in [0.1, 0.15) is 5.75 Å². The Balaban J connectivity index is 1.63. The van der Waals surface area contributed by atoms with Crippen LogP contribution in [0, 0.1) is 13.8 Å². The van der Waals surface area contributed by atoms with Gasteiger partial charge >= 0.3 is 0 Å². The Kier molecular flexibility index (Phi) is 5.56. The van der Waals surface area contributed by atoms with E-state index in [0.717, 1.165) is 31.5 Å². The molecule has 0 spiro atoms. The molecule has 5 heteroatoms. The lowest BCUT2D eigenvalue weighted by molar-refractivity contribution is -0.118. The van der Waals surface area contributed by atoms with Crippen molar-refractivity contribution in [3.05, 3.63) is 59.2 Å². The molecule has 5 nitrogen and oxygen atoms in total. The summed E-state index contributed by atoms with van der Waals surface area (Å²) in [6.45, 7) is 5.48. The number of carbonyl (C=O) groups is 2. The van der Waals surface area contributed by atoms with Crippen molar-refractivity contribution in [2.24, 2.45) is 0 Å². The summed E-state index contributed by atoms with van der Waals surface area (Å²) in [6.07, 6.45) is 2.06. The monoisotopic (exact) mass is 352 g/mol. The Labute approximate surface area is 154 Å². The lowest BCUT2D eigenvalue weighted by Gasteiger charge is -2.18. The summed E-state index contributed by atoms with van der Waals surface area (Å²) in [4.78, 5) is 26.7. The van der Waals surface area contributed by atoms with E-state index >= 15 is 0 Å². The second kappa shape index (κ2) is 8.04. The predicted molar refractivity (Wildman–Crippen MR) is 102 cm³/mol. The first-order chi connectivity index (χ1) is 12.5. The maximum absolute atomic E-state index is 12.6. The summed E-state index contributed by atoms with van der Waals surface area (Å²) in [5.74, 6) is 0.336. The predicted octanol–water partition coefficient (Wildman–Crippen LogP) is 3.56. The highest BCUT2D eigenvalue weighted by atomic mass is 16.5. The zero-order valence-electron chi connectivity index (χ0n) is 15.2. The first-order valence-corrected chi connectivity index (χ1v) is 8.93. The fraction of sp³-hybridized carbons (Fsp3) is 0.333. The van der Waals surface area contributed by atoms with E-state index in [1.54, 1.807) is 18.2 Å². The van der Waals surface area contributed by atoms with Crippen LogP contribution in [-0.2, 0) is 4.79 Å². The molecule has 0 aliphatic carbocycles. The third-order valence-electron chi connectivity index (χ3n) is 4.67. The smallest absolute Gasteiger partial charge is 0.262 e. The molecule has 0 atom stereocenters. The molecule has 2 aromatic rings. The number of aryl methyl sites for hydroxylation is 2. The molecule has 1 saturated heterocycles. The van der Waals surface area contributed by atoms with Crippen molar-refractivity contribution in [2.45, 2.75) is 26.7 Å². The van der Waals surface area contributed by atoms with Gasteiger partial charge in [-0.15, -0.1) is 0 Å². The summed E-state index contributed by atoms with van der Waals surface area (Å²) >= 11 is 0. The fourth-order valence-corrected chi connectivity index (χ4v) is 3.01. The molecule has 0 unspecified atom stereocenters. The van der Waals surface area contributed by atoms with Crippen LogP contribution in [0.4, 0.5) is 5.69 Å². The molecule has 0 aromatic heterocycles. The standard InChI is InChI=1S/C21H24N2O3/c1-15-9-10-17(13-16(15)2)26-14-20(24)22-19-8-4-3-7-18(19)21(25)23-11-5-6-12-23/h3-4,7-10,13H,5-6,11-12,14H2,1-2H3,(H,22,24). The second-order valence-electron chi connectivity index (χ2n) is 6.63. The summed E-state index contributed by atoms with van der Waals surface area (Å²) in [5.41, 5.74) is 3.34. The molecule has 1 heterocycles. The Morgan fingerprint density at radius 3 is 2.50 bits per heavy atom. The molecule has 0 bridgehead atoms. The molecule has 26 heavy (non-hydrogen) atoms.